The van der Waals surface area contributed by atoms with Gasteiger partial charge in [-0.25, -0.2) is 0 Å². The van der Waals surface area contributed by atoms with E-state index in [2.05, 4.69) is 31.3 Å². The van der Waals surface area contributed by atoms with Gasteiger partial charge in [-0.3, -0.25) is 0 Å². The highest BCUT2D eigenvalue weighted by Gasteiger charge is 2.30. The molecule has 1 aromatic rings. The fourth-order valence-electron chi connectivity index (χ4n) is 4.02. The fraction of sp³-hybridized carbons (Fsp3) is 0.667. The average Bonchev–Trinajstić information content (AvgIpc) is 3.06. The standard InChI is InChI=1S/C18H26ClNO/c1-3-20-17(13-5-4-12(2)8-13)11-15-10-16(19)9-14-6-7-21-18(14)15/h9-10,12-13,17,20H,3-8,11H2,1-2H3. The molecule has 1 aliphatic carbocycles. The smallest absolute Gasteiger partial charge is 0.125 e. The van der Waals surface area contributed by atoms with Crippen molar-refractivity contribution in [3.63, 3.8) is 0 Å². The molecule has 1 aliphatic heterocycles. The van der Waals surface area contributed by atoms with E-state index in [1.807, 2.05) is 0 Å². The predicted molar refractivity (Wildman–Crippen MR) is 88.3 cm³/mol. The maximum Gasteiger partial charge on any atom is 0.125 e. The van der Waals surface area contributed by atoms with Gasteiger partial charge in [-0.1, -0.05) is 31.9 Å². The lowest BCUT2D eigenvalue weighted by atomic mass is 9.90. The van der Waals surface area contributed by atoms with Gasteiger partial charge in [-0.05, 0) is 60.9 Å². The quantitative estimate of drug-likeness (QED) is 0.879. The van der Waals surface area contributed by atoms with E-state index < -0.39 is 0 Å². The average molecular weight is 308 g/mol. The number of benzene rings is 1. The van der Waals surface area contributed by atoms with Gasteiger partial charge in [-0.15, -0.1) is 0 Å². The summed E-state index contributed by atoms with van der Waals surface area (Å²) in [6.45, 7) is 6.40. The number of likely N-dealkylation sites (N-methyl/N-ethyl adjacent to an activating group) is 1. The van der Waals surface area contributed by atoms with Crippen molar-refractivity contribution >= 4 is 11.6 Å². The van der Waals surface area contributed by atoms with Crippen LogP contribution in [0.5, 0.6) is 5.75 Å². The number of nitrogens with one attached hydrogen (secondary N) is 1. The number of hydrogen-bond acceptors (Lipinski definition) is 2. The van der Waals surface area contributed by atoms with Gasteiger partial charge < -0.3 is 10.1 Å². The third-order valence-electron chi connectivity index (χ3n) is 5.04. The summed E-state index contributed by atoms with van der Waals surface area (Å²) < 4.78 is 5.86. The molecule has 0 amide bonds. The SMILES string of the molecule is CCNC(Cc1cc(Cl)cc2c1OCC2)C1CCC(C)C1. The molecule has 0 bridgehead atoms. The molecule has 0 saturated heterocycles. The summed E-state index contributed by atoms with van der Waals surface area (Å²) in [4.78, 5) is 0. The second-order valence-electron chi connectivity index (χ2n) is 6.70. The first-order valence-electron chi connectivity index (χ1n) is 8.34. The van der Waals surface area contributed by atoms with Crippen LogP contribution in [0.25, 0.3) is 0 Å². The van der Waals surface area contributed by atoms with Gasteiger partial charge in [0.15, 0.2) is 0 Å². The van der Waals surface area contributed by atoms with Gasteiger partial charge >= 0.3 is 0 Å². The van der Waals surface area contributed by atoms with Crippen LogP contribution >= 0.6 is 11.6 Å². The molecule has 0 radical (unpaired) electrons. The van der Waals surface area contributed by atoms with Crippen LogP contribution in [0.2, 0.25) is 5.02 Å². The second-order valence-corrected chi connectivity index (χ2v) is 7.13. The summed E-state index contributed by atoms with van der Waals surface area (Å²) in [6.07, 6.45) is 6.10. The minimum atomic E-state index is 0.548. The zero-order valence-corrected chi connectivity index (χ0v) is 13.9. The van der Waals surface area contributed by atoms with Crippen LogP contribution in [-0.4, -0.2) is 19.2 Å². The van der Waals surface area contributed by atoms with E-state index in [4.69, 9.17) is 16.3 Å². The van der Waals surface area contributed by atoms with E-state index in [1.165, 1.54) is 30.4 Å². The molecule has 3 rings (SSSR count). The first kappa shape index (κ1) is 15.2. The van der Waals surface area contributed by atoms with Crippen molar-refractivity contribution in [2.45, 2.75) is 52.0 Å². The highest BCUT2D eigenvalue weighted by molar-refractivity contribution is 6.30. The van der Waals surface area contributed by atoms with Gasteiger partial charge in [-0.2, -0.15) is 0 Å². The van der Waals surface area contributed by atoms with E-state index in [1.54, 1.807) is 0 Å². The molecule has 3 heteroatoms. The molecule has 0 aromatic heterocycles. The van der Waals surface area contributed by atoms with Crippen LogP contribution in [0.15, 0.2) is 12.1 Å². The molecule has 0 spiro atoms. The van der Waals surface area contributed by atoms with E-state index in [9.17, 15) is 0 Å². The molecule has 3 atom stereocenters. The zero-order valence-electron chi connectivity index (χ0n) is 13.1. The third-order valence-corrected chi connectivity index (χ3v) is 5.25. The van der Waals surface area contributed by atoms with Gasteiger partial charge in [0.25, 0.3) is 0 Å². The zero-order chi connectivity index (χ0) is 14.8. The van der Waals surface area contributed by atoms with Crippen LogP contribution in [0.4, 0.5) is 0 Å². The lowest BCUT2D eigenvalue weighted by molar-refractivity contribution is 0.334. The molecule has 1 N–H and O–H groups in total. The van der Waals surface area contributed by atoms with E-state index in [-0.39, 0.29) is 0 Å². The molecule has 2 aliphatic rings. The summed E-state index contributed by atoms with van der Waals surface area (Å²) >= 11 is 6.30. The number of ether oxygens (including phenoxy) is 1. The Morgan fingerprint density at radius 3 is 2.95 bits per heavy atom. The van der Waals surface area contributed by atoms with Crippen molar-refractivity contribution in [1.82, 2.24) is 5.32 Å². The molecule has 1 saturated carbocycles. The van der Waals surface area contributed by atoms with Gasteiger partial charge in [0.05, 0.1) is 6.61 Å². The first-order valence-corrected chi connectivity index (χ1v) is 8.72. The first-order chi connectivity index (χ1) is 10.2. The Morgan fingerprint density at radius 1 is 1.38 bits per heavy atom. The van der Waals surface area contributed by atoms with E-state index in [0.717, 1.165) is 48.6 Å². The summed E-state index contributed by atoms with van der Waals surface area (Å²) in [5.41, 5.74) is 2.58. The molecule has 21 heavy (non-hydrogen) atoms. The minimum Gasteiger partial charge on any atom is -0.493 e. The molecule has 3 unspecified atom stereocenters. The van der Waals surface area contributed by atoms with Crippen LogP contribution in [0, 0.1) is 11.8 Å². The Kier molecular flexibility index (Phi) is 4.75. The number of fused-ring (bicyclic) bond motifs is 1. The Labute approximate surface area is 133 Å². The van der Waals surface area contributed by atoms with Crippen LogP contribution in [-0.2, 0) is 12.8 Å². The van der Waals surface area contributed by atoms with Crippen molar-refractivity contribution in [2.24, 2.45) is 11.8 Å². The largest absolute Gasteiger partial charge is 0.493 e. The molecular formula is C18H26ClNO. The van der Waals surface area contributed by atoms with Crippen LogP contribution in [0.3, 0.4) is 0 Å². The molecule has 1 fully saturated rings. The Morgan fingerprint density at radius 2 is 2.24 bits per heavy atom. The monoisotopic (exact) mass is 307 g/mol. The van der Waals surface area contributed by atoms with Gasteiger partial charge in [0.2, 0.25) is 0 Å². The summed E-state index contributed by atoms with van der Waals surface area (Å²) in [5.74, 6) is 2.77. The number of hydrogen-bond donors (Lipinski definition) is 1. The van der Waals surface area contributed by atoms with Crippen LogP contribution < -0.4 is 10.1 Å². The van der Waals surface area contributed by atoms with Gasteiger partial charge in [0, 0.05) is 17.5 Å². The molecule has 1 heterocycles. The number of rotatable bonds is 5. The van der Waals surface area contributed by atoms with Crippen molar-refractivity contribution in [1.29, 1.82) is 0 Å². The summed E-state index contributed by atoms with van der Waals surface area (Å²) in [7, 11) is 0. The molecule has 2 nitrogen and oxygen atoms in total. The highest BCUT2D eigenvalue weighted by atomic mass is 35.5. The van der Waals surface area contributed by atoms with Crippen molar-refractivity contribution in [2.75, 3.05) is 13.2 Å². The van der Waals surface area contributed by atoms with Gasteiger partial charge in [0.1, 0.15) is 5.75 Å². The Bertz CT molecular complexity index is 502. The lowest BCUT2D eigenvalue weighted by Gasteiger charge is -2.25. The number of halogens is 1. The summed E-state index contributed by atoms with van der Waals surface area (Å²) in [6, 6.07) is 4.72. The second kappa shape index (κ2) is 6.58. The topological polar surface area (TPSA) is 21.3 Å². The lowest BCUT2D eigenvalue weighted by Crippen LogP contribution is -2.37. The maximum atomic E-state index is 6.30. The molecule has 1 aromatic carbocycles. The minimum absolute atomic E-state index is 0.548. The fourth-order valence-corrected chi connectivity index (χ4v) is 4.28. The van der Waals surface area contributed by atoms with Crippen molar-refractivity contribution < 1.29 is 4.74 Å². The van der Waals surface area contributed by atoms with E-state index in [0.29, 0.717) is 6.04 Å². The summed E-state index contributed by atoms with van der Waals surface area (Å²) in [5, 5.41) is 4.56. The highest BCUT2D eigenvalue weighted by Crippen LogP contribution is 2.37. The third kappa shape index (κ3) is 3.37. The maximum absolute atomic E-state index is 6.30. The van der Waals surface area contributed by atoms with E-state index >= 15 is 0 Å². The Balaban J connectivity index is 1.80. The van der Waals surface area contributed by atoms with Crippen LogP contribution in [0.1, 0.15) is 44.2 Å². The normalized spacial score (nSPS) is 25.7. The Hall–Kier alpha value is -0.730. The molecule has 116 valence electrons. The van der Waals surface area contributed by atoms with Crippen molar-refractivity contribution in [3.8, 4) is 5.75 Å². The molecular weight excluding hydrogens is 282 g/mol. The van der Waals surface area contributed by atoms with Crippen molar-refractivity contribution in [3.05, 3.63) is 28.3 Å². The predicted octanol–water partition coefficient (Wildman–Crippen LogP) is 4.23.